The lowest BCUT2D eigenvalue weighted by molar-refractivity contribution is -0.121. The second-order valence-electron chi connectivity index (χ2n) is 5.88. The van der Waals surface area contributed by atoms with Crippen LogP contribution in [0, 0.1) is 0 Å². The maximum absolute atomic E-state index is 12.7. The predicted octanol–water partition coefficient (Wildman–Crippen LogP) is 2.56. The molecular weight excluding hydrogens is 324 g/mol. The highest BCUT2D eigenvalue weighted by Crippen LogP contribution is 2.22. The number of para-hydroxylation sites is 1. The summed E-state index contributed by atoms with van der Waals surface area (Å²) in [6, 6.07) is 7.51. The van der Waals surface area contributed by atoms with Crippen LogP contribution in [0.4, 0.5) is 0 Å². The first-order valence-corrected chi connectivity index (χ1v) is 9.69. The number of hydrogen-bond donors (Lipinski definition) is 1. The summed E-state index contributed by atoms with van der Waals surface area (Å²) in [5.41, 5.74) is 0.609. The van der Waals surface area contributed by atoms with Crippen molar-refractivity contribution in [3.05, 3.63) is 29.8 Å². The summed E-state index contributed by atoms with van der Waals surface area (Å²) in [5.74, 6) is 0.712. The smallest absolute Gasteiger partial charge is 0.257 e. The predicted molar refractivity (Wildman–Crippen MR) is 97.7 cm³/mol. The van der Waals surface area contributed by atoms with Crippen molar-refractivity contribution in [2.24, 2.45) is 0 Å². The van der Waals surface area contributed by atoms with Crippen molar-refractivity contribution in [3.63, 3.8) is 0 Å². The molecule has 132 valence electrons. The van der Waals surface area contributed by atoms with Gasteiger partial charge in [0.1, 0.15) is 5.75 Å². The van der Waals surface area contributed by atoms with E-state index in [2.05, 4.69) is 5.32 Å². The zero-order valence-electron chi connectivity index (χ0n) is 14.6. The molecule has 6 heteroatoms. The van der Waals surface area contributed by atoms with E-state index in [9.17, 15) is 9.59 Å². The second kappa shape index (κ2) is 8.97. The van der Waals surface area contributed by atoms with Crippen LogP contribution in [0.1, 0.15) is 37.0 Å². The number of piperidine rings is 1. The van der Waals surface area contributed by atoms with Crippen molar-refractivity contribution in [1.29, 1.82) is 0 Å². The van der Waals surface area contributed by atoms with Crippen molar-refractivity contribution in [2.75, 3.05) is 26.0 Å². The van der Waals surface area contributed by atoms with Crippen LogP contribution in [0.5, 0.6) is 5.75 Å². The zero-order chi connectivity index (χ0) is 17.5. The first-order valence-electron chi connectivity index (χ1n) is 8.41. The summed E-state index contributed by atoms with van der Waals surface area (Å²) in [7, 11) is 0. The van der Waals surface area contributed by atoms with Crippen LogP contribution in [0.2, 0.25) is 0 Å². The molecule has 1 N–H and O–H groups in total. The third-order valence-electron chi connectivity index (χ3n) is 4.27. The number of amides is 2. The number of ether oxygens (including phenoxy) is 1. The van der Waals surface area contributed by atoms with Crippen molar-refractivity contribution >= 4 is 23.6 Å². The third kappa shape index (κ3) is 4.66. The molecule has 1 atom stereocenters. The lowest BCUT2D eigenvalue weighted by Gasteiger charge is -2.33. The SMILES string of the molecule is CCOc1ccccc1C(=O)N1CCC(NC(=O)C(C)SC)CC1. The Morgan fingerprint density at radius 1 is 1.33 bits per heavy atom. The van der Waals surface area contributed by atoms with Crippen LogP contribution in [0.15, 0.2) is 24.3 Å². The van der Waals surface area contributed by atoms with Gasteiger partial charge in [0.25, 0.3) is 5.91 Å². The van der Waals surface area contributed by atoms with E-state index in [1.165, 1.54) is 11.8 Å². The summed E-state index contributed by atoms with van der Waals surface area (Å²) >= 11 is 1.54. The highest BCUT2D eigenvalue weighted by Gasteiger charge is 2.26. The van der Waals surface area contributed by atoms with Crippen molar-refractivity contribution in [2.45, 2.75) is 38.0 Å². The van der Waals surface area contributed by atoms with Gasteiger partial charge in [-0.05, 0) is 45.1 Å². The van der Waals surface area contributed by atoms with E-state index < -0.39 is 0 Å². The standard InChI is InChI=1S/C18H26N2O3S/c1-4-23-16-8-6-5-7-15(16)18(22)20-11-9-14(10-12-20)19-17(21)13(2)24-3/h5-8,13-14H,4,9-12H2,1-3H3,(H,19,21). The minimum atomic E-state index is -0.0391. The average Bonchev–Trinajstić information content (AvgIpc) is 2.61. The minimum absolute atomic E-state index is 0.00121. The van der Waals surface area contributed by atoms with Gasteiger partial charge in [0, 0.05) is 19.1 Å². The van der Waals surface area contributed by atoms with Gasteiger partial charge >= 0.3 is 0 Å². The molecule has 24 heavy (non-hydrogen) atoms. The molecule has 2 rings (SSSR count). The summed E-state index contributed by atoms with van der Waals surface area (Å²) < 4.78 is 5.55. The fourth-order valence-electron chi connectivity index (χ4n) is 2.75. The zero-order valence-corrected chi connectivity index (χ0v) is 15.4. The molecule has 2 amide bonds. The normalized spacial score (nSPS) is 16.5. The van der Waals surface area contributed by atoms with Gasteiger partial charge in [-0.1, -0.05) is 12.1 Å². The lowest BCUT2D eigenvalue weighted by Crippen LogP contribution is -2.48. The average molecular weight is 350 g/mol. The van der Waals surface area contributed by atoms with Gasteiger partial charge in [-0.15, -0.1) is 0 Å². The van der Waals surface area contributed by atoms with Crippen LogP contribution >= 0.6 is 11.8 Å². The van der Waals surface area contributed by atoms with Crippen molar-refractivity contribution < 1.29 is 14.3 Å². The van der Waals surface area contributed by atoms with Gasteiger partial charge in [-0.3, -0.25) is 9.59 Å². The number of likely N-dealkylation sites (tertiary alicyclic amines) is 1. The Bertz CT molecular complexity index is 571. The Hall–Kier alpha value is -1.69. The van der Waals surface area contributed by atoms with Crippen LogP contribution in [0.3, 0.4) is 0 Å². The fourth-order valence-corrected chi connectivity index (χ4v) is 3.03. The molecule has 0 aromatic heterocycles. The first-order chi connectivity index (χ1) is 11.6. The summed E-state index contributed by atoms with van der Waals surface area (Å²) in [4.78, 5) is 26.5. The first kappa shape index (κ1) is 18.6. The van der Waals surface area contributed by atoms with Crippen LogP contribution in [-0.4, -0.2) is 54.0 Å². The number of benzene rings is 1. The fraction of sp³-hybridized carbons (Fsp3) is 0.556. The number of nitrogens with one attached hydrogen (secondary N) is 1. The van der Waals surface area contributed by atoms with Crippen LogP contribution in [-0.2, 0) is 4.79 Å². The molecule has 1 aromatic rings. The number of carbonyl (C=O) groups excluding carboxylic acids is 2. The number of thioether (sulfide) groups is 1. The molecule has 0 radical (unpaired) electrons. The number of rotatable bonds is 6. The highest BCUT2D eigenvalue weighted by atomic mass is 32.2. The molecule has 5 nitrogen and oxygen atoms in total. The molecule has 1 aliphatic heterocycles. The maximum Gasteiger partial charge on any atom is 0.257 e. The van der Waals surface area contributed by atoms with Crippen molar-refractivity contribution in [1.82, 2.24) is 10.2 Å². The quantitative estimate of drug-likeness (QED) is 0.857. The van der Waals surface area contributed by atoms with Crippen molar-refractivity contribution in [3.8, 4) is 5.75 Å². The Balaban J connectivity index is 1.92. The Morgan fingerprint density at radius 3 is 2.62 bits per heavy atom. The Morgan fingerprint density at radius 2 is 2.00 bits per heavy atom. The largest absolute Gasteiger partial charge is 0.493 e. The molecule has 1 fully saturated rings. The van der Waals surface area contributed by atoms with Gasteiger partial charge in [-0.2, -0.15) is 11.8 Å². The van der Waals surface area contributed by atoms with E-state index in [0.717, 1.165) is 12.8 Å². The summed E-state index contributed by atoms with van der Waals surface area (Å²) in [5, 5.41) is 3.04. The molecule has 0 spiro atoms. The molecule has 1 unspecified atom stereocenters. The molecule has 1 saturated heterocycles. The molecule has 0 saturated carbocycles. The molecule has 1 heterocycles. The molecule has 1 aromatic carbocycles. The summed E-state index contributed by atoms with van der Waals surface area (Å²) in [6.45, 7) is 5.65. The van der Waals surface area contributed by atoms with Gasteiger partial charge in [0.05, 0.1) is 17.4 Å². The van der Waals surface area contributed by atoms with Gasteiger partial charge in [-0.25, -0.2) is 0 Å². The van der Waals surface area contributed by atoms with E-state index in [-0.39, 0.29) is 23.1 Å². The number of hydrogen-bond acceptors (Lipinski definition) is 4. The second-order valence-corrected chi connectivity index (χ2v) is 7.06. The molecule has 0 aliphatic carbocycles. The lowest BCUT2D eigenvalue weighted by atomic mass is 10.0. The van der Waals surface area contributed by atoms with Gasteiger partial charge < -0.3 is 15.0 Å². The topological polar surface area (TPSA) is 58.6 Å². The van der Waals surface area contributed by atoms with E-state index in [1.807, 2.05) is 43.2 Å². The monoisotopic (exact) mass is 350 g/mol. The molecule has 1 aliphatic rings. The van der Waals surface area contributed by atoms with Crippen LogP contribution < -0.4 is 10.1 Å². The van der Waals surface area contributed by atoms with E-state index in [0.29, 0.717) is 31.0 Å². The maximum atomic E-state index is 12.7. The van der Waals surface area contributed by atoms with Gasteiger partial charge in [0.2, 0.25) is 5.91 Å². The molecular formula is C18H26N2O3S. The minimum Gasteiger partial charge on any atom is -0.493 e. The third-order valence-corrected chi connectivity index (χ3v) is 5.19. The number of nitrogens with zero attached hydrogens (tertiary/aromatic N) is 1. The highest BCUT2D eigenvalue weighted by molar-refractivity contribution is 7.99. The Kier molecular flexibility index (Phi) is 6.97. The van der Waals surface area contributed by atoms with E-state index >= 15 is 0 Å². The van der Waals surface area contributed by atoms with Gasteiger partial charge in [0.15, 0.2) is 0 Å². The van der Waals surface area contributed by atoms with E-state index in [4.69, 9.17) is 4.74 Å². The number of carbonyl (C=O) groups is 2. The Labute approximate surface area is 148 Å². The molecule has 0 bridgehead atoms. The summed E-state index contributed by atoms with van der Waals surface area (Å²) in [6.07, 6.45) is 3.51. The van der Waals surface area contributed by atoms with E-state index in [1.54, 1.807) is 6.07 Å². The van der Waals surface area contributed by atoms with Crippen LogP contribution in [0.25, 0.3) is 0 Å².